The SMILES string of the molecule is CN1CCN(C)C(CNC(=O)[C@@H](N)C(C)(C)C)C1. The number of carbonyl (C=O) groups is 1. The normalized spacial score (nSPS) is 24.9. The van der Waals surface area contributed by atoms with Gasteiger partial charge >= 0.3 is 0 Å². The molecule has 0 aromatic rings. The molecule has 1 rings (SSSR count). The van der Waals surface area contributed by atoms with Crippen molar-refractivity contribution in [3.63, 3.8) is 0 Å². The lowest BCUT2D eigenvalue weighted by atomic mass is 9.87. The molecule has 0 aromatic heterocycles. The molecule has 1 saturated heterocycles. The molecule has 5 heteroatoms. The van der Waals surface area contributed by atoms with Gasteiger partial charge in [0.25, 0.3) is 0 Å². The van der Waals surface area contributed by atoms with E-state index in [-0.39, 0.29) is 11.3 Å². The monoisotopic (exact) mass is 256 g/mol. The zero-order valence-electron chi connectivity index (χ0n) is 12.4. The Balaban J connectivity index is 2.42. The molecule has 0 aromatic carbocycles. The molecular formula is C13H28N4O. The van der Waals surface area contributed by atoms with Crippen LogP contribution in [0.2, 0.25) is 0 Å². The minimum Gasteiger partial charge on any atom is -0.353 e. The lowest BCUT2D eigenvalue weighted by Crippen LogP contribution is -2.56. The number of piperazine rings is 1. The van der Waals surface area contributed by atoms with Crippen molar-refractivity contribution in [2.45, 2.75) is 32.9 Å². The third kappa shape index (κ3) is 4.23. The molecule has 1 amide bonds. The number of likely N-dealkylation sites (N-methyl/N-ethyl adjacent to an activating group) is 2. The van der Waals surface area contributed by atoms with Gasteiger partial charge in [0, 0.05) is 32.2 Å². The van der Waals surface area contributed by atoms with Gasteiger partial charge in [0.2, 0.25) is 5.91 Å². The van der Waals surface area contributed by atoms with Gasteiger partial charge in [-0.2, -0.15) is 0 Å². The summed E-state index contributed by atoms with van der Waals surface area (Å²) in [4.78, 5) is 16.5. The number of nitrogens with one attached hydrogen (secondary N) is 1. The lowest BCUT2D eigenvalue weighted by molar-refractivity contribution is -0.124. The molecule has 0 radical (unpaired) electrons. The number of nitrogens with two attached hydrogens (primary N) is 1. The maximum absolute atomic E-state index is 12.0. The Labute approximate surface area is 111 Å². The molecule has 106 valence electrons. The highest BCUT2D eigenvalue weighted by Crippen LogP contribution is 2.17. The number of carbonyl (C=O) groups excluding carboxylic acids is 1. The van der Waals surface area contributed by atoms with Crippen LogP contribution in [-0.4, -0.2) is 68.1 Å². The molecule has 18 heavy (non-hydrogen) atoms. The van der Waals surface area contributed by atoms with E-state index in [0.29, 0.717) is 12.6 Å². The Morgan fingerprint density at radius 2 is 2.00 bits per heavy atom. The van der Waals surface area contributed by atoms with E-state index < -0.39 is 6.04 Å². The second-order valence-corrected chi connectivity index (χ2v) is 6.49. The van der Waals surface area contributed by atoms with Crippen molar-refractivity contribution in [1.82, 2.24) is 15.1 Å². The van der Waals surface area contributed by atoms with Gasteiger partial charge in [-0.05, 0) is 19.5 Å². The first-order valence-electron chi connectivity index (χ1n) is 6.64. The second kappa shape index (κ2) is 5.99. The van der Waals surface area contributed by atoms with Crippen LogP contribution < -0.4 is 11.1 Å². The van der Waals surface area contributed by atoms with Crippen molar-refractivity contribution in [2.75, 3.05) is 40.3 Å². The molecule has 1 aliphatic rings. The standard InChI is InChI=1S/C13H28N4O/c1-13(2,3)11(14)12(18)15-8-10-9-16(4)6-7-17(10)5/h10-11H,6-9,14H2,1-5H3,(H,15,18)/t10?,11-/m1/s1. The van der Waals surface area contributed by atoms with E-state index in [0.717, 1.165) is 19.6 Å². The fourth-order valence-electron chi connectivity index (χ4n) is 2.04. The summed E-state index contributed by atoms with van der Waals surface area (Å²) in [5.41, 5.74) is 5.74. The van der Waals surface area contributed by atoms with Gasteiger partial charge in [-0.15, -0.1) is 0 Å². The molecule has 1 fully saturated rings. The third-order valence-electron chi connectivity index (χ3n) is 3.71. The Hall–Kier alpha value is -0.650. The second-order valence-electron chi connectivity index (χ2n) is 6.49. The highest BCUT2D eigenvalue weighted by Gasteiger charge is 2.29. The molecular weight excluding hydrogens is 228 g/mol. The van der Waals surface area contributed by atoms with Crippen molar-refractivity contribution in [1.29, 1.82) is 0 Å². The Morgan fingerprint density at radius 3 is 2.56 bits per heavy atom. The molecule has 2 atom stereocenters. The van der Waals surface area contributed by atoms with Gasteiger partial charge in [-0.25, -0.2) is 0 Å². The predicted molar refractivity (Wildman–Crippen MR) is 74.4 cm³/mol. The van der Waals surface area contributed by atoms with Crippen LogP contribution in [0, 0.1) is 5.41 Å². The lowest BCUT2D eigenvalue weighted by Gasteiger charge is -2.38. The molecule has 3 N–H and O–H groups in total. The average molecular weight is 256 g/mol. The van der Waals surface area contributed by atoms with Gasteiger partial charge < -0.3 is 16.0 Å². The third-order valence-corrected chi connectivity index (χ3v) is 3.71. The topological polar surface area (TPSA) is 61.6 Å². The maximum Gasteiger partial charge on any atom is 0.237 e. The van der Waals surface area contributed by atoms with Crippen molar-refractivity contribution in [3.8, 4) is 0 Å². The Kier molecular flexibility index (Phi) is 5.13. The van der Waals surface area contributed by atoms with E-state index in [1.54, 1.807) is 0 Å². The highest BCUT2D eigenvalue weighted by atomic mass is 16.2. The zero-order chi connectivity index (χ0) is 13.9. The molecule has 0 saturated carbocycles. The van der Waals surface area contributed by atoms with Crippen LogP contribution in [0.15, 0.2) is 0 Å². The van der Waals surface area contributed by atoms with E-state index in [1.165, 1.54) is 0 Å². The van der Waals surface area contributed by atoms with Crippen LogP contribution >= 0.6 is 0 Å². The molecule has 0 bridgehead atoms. The fourth-order valence-corrected chi connectivity index (χ4v) is 2.04. The van der Waals surface area contributed by atoms with Crippen molar-refractivity contribution in [3.05, 3.63) is 0 Å². The van der Waals surface area contributed by atoms with Crippen LogP contribution in [0.3, 0.4) is 0 Å². The van der Waals surface area contributed by atoms with Gasteiger partial charge in [0.1, 0.15) is 0 Å². The van der Waals surface area contributed by atoms with E-state index in [9.17, 15) is 4.79 Å². The predicted octanol–water partition coefficient (Wildman–Crippen LogP) is -0.278. The number of hydrogen-bond acceptors (Lipinski definition) is 4. The Morgan fingerprint density at radius 1 is 1.39 bits per heavy atom. The summed E-state index contributed by atoms with van der Waals surface area (Å²) < 4.78 is 0. The summed E-state index contributed by atoms with van der Waals surface area (Å²) in [6, 6.07) is -0.0796. The summed E-state index contributed by atoms with van der Waals surface area (Å²) in [7, 11) is 4.22. The minimum absolute atomic E-state index is 0.0517. The van der Waals surface area contributed by atoms with E-state index >= 15 is 0 Å². The number of nitrogens with zero attached hydrogens (tertiary/aromatic N) is 2. The van der Waals surface area contributed by atoms with Crippen LogP contribution in [0.4, 0.5) is 0 Å². The molecule has 1 unspecified atom stereocenters. The summed E-state index contributed by atoms with van der Waals surface area (Å²) in [5, 5.41) is 2.98. The van der Waals surface area contributed by atoms with Crippen LogP contribution in [0.25, 0.3) is 0 Å². The first-order chi connectivity index (χ1) is 8.21. The first kappa shape index (κ1) is 15.4. The molecule has 0 spiro atoms. The molecule has 1 aliphatic heterocycles. The van der Waals surface area contributed by atoms with E-state index in [1.807, 2.05) is 20.8 Å². The van der Waals surface area contributed by atoms with Gasteiger partial charge in [0.15, 0.2) is 0 Å². The quantitative estimate of drug-likeness (QED) is 0.729. The van der Waals surface area contributed by atoms with Crippen molar-refractivity contribution in [2.24, 2.45) is 11.1 Å². The van der Waals surface area contributed by atoms with Crippen LogP contribution in [0.5, 0.6) is 0 Å². The Bertz CT molecular complexity index is 287. The molecule has 1 heterocycles. The van der Waals surface area contributed by atoms with Crippen molar-refractivity contribution >= 4 is 5.91 Å². The van der Waals surface area contributed by atoms with Gasteiger partial charge in [0.05, 0.1) is 6.04 Å². The smallest absolute Gasteiger partial charge is 0.237 e. The molecule has 0 aliphatic carbocycles. The van der Waals surface area contributed by atoms with Crippen LogP contribution in [-0.2, 0) is 4.79 Å². The van der Waals surface area contributed by atoms with Crippen molar-refractivity contribution < 1.29 is 4.79 Å². The summed E-state index contributed by atoms with van der Waals surface area (Å²) in [5.74, 6) is -0.0517. The summed E-state index contributed by atoms with van der Waals surface area (Å²) in [6.07, 6.45) is 0. The first-order valence-corrected chi connectivity index (χ1v) is 6.64. The fraction of sp³-hybridized carbons (Fsp3) is 0.923. The summed E-state index contributed by atoms with van der Waals surface area (Å²) in [6.45, 7) is 9.74. The van der Waals surface area contributed by atoms with Crippen LogP contribution in [0.1, 0.15) is 20.8 Å². The minimum atomic E-state index is -0.455. The highest BCUT2D eigenvalue weighted by molar-refractivity contribution is 5.82. The number of hydrogen-bond donors (Lipinski definition) is 2. The number of amides is 1. The number of rotatable bonds is 3. The largest absolute Gasteiger partial charge is 0.353 e. The summed E-state index contributed by atoms with van der Waals surface area (Å²) >= 11 is 0. The van der Waals surface area contributed by atoms with E-state index in [2.05, 4.69) is 29.2 Å². The molecule has 5 nitrogen and oxygen atoms in total. The van der Waals surface area contributed by atoms with Gasteiger partial charge in [-0.3, -0.25) is 9.69 Å². The maximum atomic E-state index is 12.0. The van der Waals surface area contributed by atoms with Gasteiger partial charge in [-0.1, -0.05) is 20.8 Å². The average Bonchev–Trinajstić information content (AvgIpc) is 2.27. The zero-order valence-corrected chi connectivity index (χ0v) is 12.4. The van der Waals surface area contributed by atoms with E-state index in [4.69, 9.17) is 5.73 Å².